The van der Waals surface area contributed by atoms with E-state index in [1.165, 1.54) is 0 Å². The smallest absolute Gasteiger partial charge is 0.211 e. The molecule has 1 heterocycles. The van der Waals surface area contributed by atoms with E-state index in [-0.39, 0.29) is 10.7 Å². The maximum absolute atomic E-state index is 11.4. The van der Waals surface area contributed by atoms with Gasteiger partial charge in [-0.3, -0.25) is 0 Å². The van der Waals surface area contributed by atoms with Crippen LogP contribution in [0.15, 0.2) is 0 Å². The molecule has 1 saturated heterocycles. The van der Waals surface area contributed by atoms with Crippen LogP contribution in [0.4, 0.5) is 0 Å². The second-order valence-electron chi connectivity index (χ2n) is 2.76. The summed E-state index contributed by atoms with van der Waals surface area (Å²) in [6.07, 6.45) is 0. The quantitative estimate of drug-likeness (QED) is 0.708. The van der Waals surface area contributed by atoms with Crippen molar-refractivity contribution in [3.63, 3.8) is 0 Å². The van der Waals surface area contributed by atoms with Gasteiger partial charge in [-0.15, -0.1) is 0 Å². The van der Waals surface area contributed by atoms with Crippen LogP contribution >= 0.6 is 27.7 Å². The molecule has 72 valence electrons. The highest BCUT2D eigenvalue weighted by Gasteiger charge is 2.28. The first kappa shape index (κ1) is 10.8. The van der Waals surface area contributed by atoms with E-state index in [9.17, 15) is 8.42 Å². The van der Waals surface area contributed by atoms with Crippen LogP contribution in [-0.2, 0) is 10.0 Å². The number of hydrogen-bond acceptors (Lipinski definition) is 3. The normalized spacial score (nSPS) is 27.3. The van der Waals surface area contributed by atoms with Gasteiger partial charge < -0.3 is 0 Å². The van der Waals surface area contributed by atoms with Crippen LogP contribution in [0, 0.1) is 0 Å². The number of hydrogen-bond donors (Lipinski definition) is 0. The van der Waals surface area contributed by atoms with E-state index >= 15 is 0 Å². The highest BCUT2D eigenvalue weighted by Crippen LogP contribution is 2.20. The third-order valence-corrected chi connectivity index (χ3v) is 6.26. The first-order chi connectivity index (χ1) is 5.58. The zero-order valence-corrected chi connectivity index (χ0v) is 10.1. The topological polar surface area (TPSA) is 37.4 Å². The molecule has 0 radical (unpaired) electrons. The van der Waals surface area contributed by atoms with Crippen molar-refractivity contribution in [2.45, 2.75) is 13.0 Å². The number of thioether (sulfide) groups is 1. The molecule has 0 aromatic rings. The minimum absolute atomic E-state index is 0.0367. The molecule has 6 heteroatoms. The summed E-state index contributed by atoms with van der Waals surface area (Å²) in [5.41, 5.74) is 0. The fourth-order valence-electron chi connectivity index (χ4n) is 1.19. The van der Waals surface area contributed by atoms with Crippen molar-refractivity contribution in [3.05, 3.63) is 0 Å². The lowest BCUT2D eigenvalue weighted by Gasteiger charge is -2.31. The van der Waals surface area contributed by atoms with Crippen LogP contribution in [0.3, 0.4) is 0 Å². The molecular weight excluding hydrogens is 262 g/mol. The fourth-order valence-corrected chi connectivity index (χ4v) is 4.32. The average molecular weight is 274 g/mol. The third-order valence-electron chi connectivity index (χ3n) is 1.80. The Kier molecular flexibility index (Phi) is 3.88. The second-order valence-corrected chi connectivity index (χ2v) is 7.13. The van der Waals surface area contributed by atoms with E-state index in [0.29, 0.717) is 6.54 Å². The molecule has 1 fully saturated rings. The zero-order chi connectivity index (χ0) is 9.19. The van der Waals surface area contributed by atoms with Crippen molar-refractivity contribution in [1.29, 1.82) is 0 Å². The number of sulfonamides is 1. The Bertz CT molecular complexity index is 242. The lowest BCUT2D eigenvalue weighted by molar-refractivity contribution is 0.370. The number of nitrogens with zero attached hydrogens (tertiary/aromatic N) is 1. The summed E-state index contributed by atoms with van der Waals surface area (Å²) in [6, 6.07) is 0.145. The molecule has 0 amide bonds. The van der Waals surface area contributed by atoms with Crippen molar-refractivity contribution in [3.8, 4) is 0 Å². The molecular formula is C6H12BrNO2S2. The van der Waals surface area contributed by atoms with Gasteiger partial charge in [-0.25, -0.2) is 8.42 Å². The Labute approximate surface area is 86.1 Å². The summed E-state index contributed by atoms with van der Waals surface area (Å²) in [4.78, 5) is 0. The highest BCUT2D eigenvalue weighted by molar-refractivity contribution is 9.10. The van der Waals surface area contributed by atoms with Gasteiger partial charge in [0.1, 0.15) is 4.66 Å². The summed E-state index contributed by atoms with van der Waals surface area (Å²) in [7, 11) is -3.03. The first-order valence-corrected chi connectivity index (χ1v) is 7.59. The van der Waals surface area contributed by atoms with Gasteiger partial charge in [0.05, 0.1) is 0 Å². The molecule has 1 unspecified atom stereocenters. The molecule has 1 aliphatic heterocycles. The lowest BCUT2D eigenvalue weighted by Crippen LogP contribution is -2.44. The van der Waals surface area contributed by atoms with E-state index in [2.05, 4.69) is 15.9 Å². The summed E-state index contributed by atoms with van der Waals surface area (Å²) >= 11 is 4.81. The van der Waals surface area contributed by atoms with E-state index in [4.69, 9.17) is 0 Å². The molecule has 1 rings (SSSR count). The molecule has 0 saturated carbocycles. The lowest BCUT2D eigenvalue weighted by atomic mass is 10.4. The van der Waals surface area contributed by atoms with Crippen LogP contribution < -0.4 is 0 Å². The molecule has 1 aliphatic rings. The minimum atomic E-state index is -3.03. The van der Waals surface area contributed by atoms with Crippen molar-refractivity contribution >= 4 is 37.7 Å². The van der Waals surface area contributed by atoms with Crippen LogP contribution in [0.5, 0.6) is 0 Å². The number of halogens is 1. The molecule has 0 aromatic heterocycles. The Morgan fingerprint density at radius 3 is 2.83 bits per heavy atom. The van der Waals surface area contributed by atoms with Gasteiger partial charge in [0, 0.05) is 24.1 Å². The molecule has 0 N–H and O–H groups in total. The van der Waals surface area contributed by atoms with Crippen LogP contribution in [0.2, 0.25) is 0 Å². The SMILES string of the molecule is CC1CSCCN1S(=O)(=O)CBr. The van der Waals surface area contributed by atoms with Crippen LogP contribution in [0.1, 0.15) is 6.92 Å². The minimum Gasteiger partial charge on any atom is -0.211 e. The van der Waals surface area contributed by atoms with E-state index in [1.807, 2.05) is 18.7 Å². The standard InChI is InChI=1S/C6H12BrNO2S2/c1-6-4-11-3-2-8(6)12(9,10)5-7/h6H,2-5H2,1H3. The molecule has 0 bridgehead atoms. The van der Waals surface area contributed by atoms with Crippen molar-refractivity contribution in [1.82, 2.24) is 4.31 Å². The van der Waals surface area contributed by atoms with Crippen LogP contribution in [-0.4, -0.2) is 41.5 Å². The number of rotatable bonds is 2. The molecule has 1 atom stereocenters. The predicted octanol–water partition coefficient (Wildman–Crippen LogP) is 1.11. The molecule has 0 aromatic carbocycles. The van der Waals surface area contributed by atoms with Crippen LogP contribution in [0.25, 0.3) is 0 Å². The van der Waals surface area contributed by atoms with Crippen molar-refractivity contribution in [2.24, 2.45) is 0 Å². The van der Waals surface area contributed by atoms with Gasteiger partial charge in [-0.1, -0.05) is 15.9 Å². The largest absolute Gasteiger partial charge is 0.224 e. The van der Waals surface area contributed by atoms with Gasteiger partial charge in [0.25, 0.3) is 0 Å². The Morgan fingerprint density at radius 1 is 1.67 bits per heavy atom. The first-order valence-electron chi connectivity index (χ1n) is 3.71. The van der Waals surface area contributed by atoms with Gasteiger partial charge >= 0.3 is 0 Å². The molecule has 0 aliphatic carbocycles. The Balaban J connectivity index is 2.72. The van der Waals surface area contributed by atoms with Gasteiger partial charge in [0.2, 0.25) is 10.0 Å². The van der Waals surface area contributed by atoms with Gasteiger partial charge in [-0.2, -0.15) is 16.1 Å². The third kappa shape index (κ3) is 2.37. The summed E-state index contributed by atoms with van der Waals surface area (Å²) in [5, 5.41) is 0. The second kappa shape index (κ2) is 4.30. The molecule has 0 spiro atoms. The summed E-state index contributed by atoms with van der Waals surface area (Å²) in [6.45, 7) is 2.60. The van der Waals surface area contributed by atoms with Crippen molar-refractivity contribution in [2.75, 3.05) is 22.7 Å². The maximum atomic E-state index is 11.4. The van der Waals surface area contributed by atoms with E-state index < -0.39 is 10.0 Å². The predicted molar refractivity (Wildman–Crippen MR) is 56.2 cm³/mol. The van der Waals surface area contributed by atoms with Gasteiger partial charge in [0.15, 0.2) is 0 Å². The van der Waals surface area contributed by atoms with Crippen molar-refractivity contribution < 1.29 is 8.42 Å². The maximum Gasteiger partial charge on any atom is 0.224 e. The number of alkyl halides is 1. The molecule has 12 heavy (non-hydrogen) atoms. The monoisotopic (exact) mass is 273 g/mol. The fraction of sp³-hybridized carbons (Fsp3) is 1.00. The average Bonchev–Trinajstić information content (AvgIpc) is 2.05. The summed E-state index contributed by atoms with van der Waals surface area (Å²) in [5.74, 6) is 1.82. The van der Waals surface area contributed by atoms with E-state index in [1.54, 1.807) is 4.31 Å². The van der Waals surface area contributed by atoms with Gasteiger partial charge in [-0.05, 0) is 6.92 Å². The highest BCUT2D eigenvalue weighted by atomic mass is 79.9. The van der Waals surface area contributed by atoms with E-state index in [0.717, 1.165) is 11.5 Å². The molecule has 3 nitrogen and oxygen atoms in total. The zero-order valence-electron chi connectivity index (χ0n) is 6.86. The Morgan fingerprint density at radius 2 is 2.33 bits per heavy atom. The summed E-state index contributed by atoms with van der Waals surface area (Å²) < 4.78 is 24.5. The Hall–Kier alpha value is 0.740.